The Balaban J connectivity index is 2.80. The molecule has 0 aromatic heterocycles. The first-order valence-corrected chi connectivity index (χ1v) is 7.09. The molecule has 1 aromatic carbocycles. The van der Waals surface area contributed by atoms with Crippen LogP contribution in [-0.4, -0.2) is 47.6 Å². The van der Waals surface area contributed by atoms with Crippen LogP contribution in [0.25, 0.3) is 0 Å². The van der Waals surface area contributed by atoms with Crippen molar-refractivity contribution >= 4 is 23.9 Å². The number of thioether (sulfide) groups is 1. The van der Waals surface area contributed by atoms with Crippen molar-refractivity contribution in [1.29, 1.82) is 0 Å². The lowest BCUT2D eigenvalue weighted by Gasteiger charge is -2.07. The molecule has 104 valence electrons. The quantitative estimate of drug-likeness (QED) is 0.748. The van der Waals surface area contributed by atoms with Crippen molar-refractivity contribution < 1.29 is 19.7 Å². The van der Waals surface area contributed by atoms with Gasteiger partial charge in [-0.3, -0.25) is 4.99 Å². The summed E-state index contributed by atoms with van der Waals surface area (Å²) < 4.78 is 4.97. The molecule has 0 radical (unpaired) electrons. The van der Waals surface area contributed by atoms with Crippen LogP contribution in [0.3, 0.4) is 0 Å². The zero-order valence-corrected chi connectivity index (χ0v) is 11.7. The Morgan fingerprint density at radius 3 is 2.84 bits per heavy atom. The van der Waals surface area contributed by atoms with Crippen LogP contribution in [0.2, 0.25) is 0 Å². The number of ether oxygens (including phenoxy) is 1. The van der Waals surface area contributed by atoms with Crippen molar-refractivity contribution in [2.45, 2.75) is 12.5 Å². The van der Waals surface area contributed by atoms with E-state index >= 15 is 0 Å². The summed E-state index contributed by atoms with van der Waals surface area (Å²) in [5.74, 6) is 0.310. The maximum absolute atomic E-state index is 11.0. The van der Waals surface area contributed by atoms with Gasteiger partial charge < -0.3 is 14.9 Å². The van der Waals surface area contributed by atoms with Crippen molar-refractivity contribution in [3.8, 4) is 11.5 Å². The predicted octanol–water partition coefficient (Wildman–Crippen LogP) is 2.03. The average Bonchev–Trinajstić information content (AvgIpc) is 2.39. The topological polar surface area (TPSA) is 79.1 Å². The number of carbonyl (C=O) groups is 1. The van der Waals surface area contributed by atoms with E-state index < -0.39 is 12.0 Å². The maximum atomic E-state index is 11.0. The van der Waals surface area contributed by atoms with E-state index in [1.807, 2.05) is 6.26 Å². The first-order valence-electron chi connectivity index (χ1n) is 5.70. The van der Waals surface area contributed by atoms with Gasteiger partial charge in [-0.25, -0.2) is 4.79 Å². The third kappa shape index (κ3) is 4.82. The second kappa shape index (κ2) is 7.68. The second-order valence-electron chi connectivity index (χ2n) is 3.84. The Morgan fingerprint density at radius 2 is 2.32 bits per heavy atom. The number of phenolic OH excluding ortho intramolecular Hbond substituents is 1. The average molecular weight is 283 g/mol. The lowest BCUT2D eigenvalue weighted by Crippen LogP contribution is -2.18. The molecule has 0 aliphatic heterocycles. The predicted molar refractivity (Wildman–Crippen MR) is 76.7 cm³/mol. The number of carboxylic acid groups (broad SMARTS) is 1. The van der Waals surface area contributed by atoms with E-state index in [0.717, 1.165) is 5.75 Å². The van der Waals surface area contributed by atoms with Crippen molar-refractivity contribution in [2.24, 2.45) is 4.99 Å². The van der Waals surface area contributed by atoms with Crippen LogP contribution in [0.4, 0.5) is 0 Å². The Morgan fingerprint density at radius 1 is 1.58 bits per heavy atom. The molecule has 0 bridgehead atoms. The van der Waals surface area contributed by atoms with Gasteiger partial charge in [-0.2, -0.15) is 11.8 Å². The number of hydrogen-bond donors (Lipinski definition) is 2. The lowest BCUT2D eigenvalue weighted by molar-refractivity contribution is -0.138. The van der Waals surface area contributed by atoms with Crippen LogP contribution in [0.5, 0.6) is 11.5 Å². The number of methoxy groups -OCH3 is 1. The second-order valence-corrected chi connectivity index (χ2v) is 4.82. The highest BCUT2D eigenvalue weighted by atomic mass is 32.2. The summed E-state index contributed by atoms with van der Waals surface area (Å²) in [4.78, 5) is 15.0. The molecule has 5 nitrogen and oxygen atoms in total. The summed E-state index contributed by atoms with van der Waals surface area (Å²) in [7, 11) is 1.51. The van der Waals surface area contributed by atoms with E-state index in [0.29, 0.717) is 17.7 Å². The van der Waals surface area contributed by atoms with E-state index in [4.69, 9.17) is 9.84 Å². The fraction of sp³-hybridized carbons (Fsp3) is 0.385. The van der Waals surface area contributed by atoms with Gasteiger partial charge in [0.05, 0.1) is 7.11 Å². The highest BCUT2D eigenvalue weighted by Crippen LogP contribution is 2.22. The number of aliphatic imine (C=N–C) groups is 1. The Bertz CT molecular complexity index is 462. The molecule has 6 heteroatoms. The van der Waals surface area contributed by atoms with Crippen LogP contribution in [0.15, 0.2) is 23.2 Å². The standard InChI is InChI=1S/C13H17NO4S/c1-18-10-4-3-9(12(15)7-10)8-14-11(13(16)17)5-6-19-2/h3-4,7-8,11,15H,5-6H2,1-2H3,(H,16,17)/t11-/m0/s1. The normalized spacial score (nSPS) is 12.5. The lowest BCUT2D eigenvalue weighted by atomic mass is 10.2. The Kier molecular flexibility index (Phi) is 6.21. The molecule has 1 rings (SSSR count). The smallest absolute Gasteiger partial charge is 0.328 e. The summed E-state index contributed by atoms with van der Waals surface area (Å²) in [5.41, 5.74) is 0.469. The molecule has 0 fully saturated rings. The van der Waals surface area contributed by atoms with Gasteiger partial charge in [0.15, 0.2) is 0 Å². The number of nitrogens with zero attached hydrogens (tertiary/aromatic N) is 1. The molecule has 0 saturated carbocycles. The third-order valence-electron chi connectivity index (χ3n) is 2.51. The Hall–Kier alpha value is -1.69. The summed E-state index contributed by atoms with van der Waals surface area (Å²) in [6, 6.07) is 3.98. The van der Waals surface area contributed by atoms with Crippen molar-refractivity contribution in [2.75, 3.05) is 19.1 Å². The number of aromatic hydroxyl groups is 1. The molecule has 0 aliphatic carbocycles. The van der Waals surface area contributed by atoms with Gasteiger partial charge >= 0.3 is 5.97 Å². The number of aliphatic carboxylic acids is 1. The van der Waals surface area contributed by atoms with Gasteiger partial charge in [0, 0.05) is 17.8 Å². The number of benzene rings is 1. The molecule has 0 saturated heterocycles. The van der Waals surface area contributed by atoms with E-state index in [2.05, 4.69) is 4.99 Å². The SMILES string of the molecule is COc1ccc(C=N[C@@H](CCSC)C(=O)O)c(O)c1. The molecule has 0 aliphatic rings. The number of rotatable bonds is 7. The summed E-state index contributed by atoms with van der Waals surface area (Å²) >= 11 is 1.57. The minimum Gasteiger partial charge on any atom is -0.507 e. The largest absolute Gasteiger partial charge is 0.507 e. The van der Waals surface area contributed by atoms with E-state index in [1.54, 1.807) is 23.9 Å². The fourth-order valence-electron chi connectivity index (χ4n) is 1.42. The van der Waals surface area contributed by atoms with E-state index in [1.165, 1.54) is 19.4 Å². The molecule has 19 heavy (non-hydrogen) atoms. The van der Waals surface area contributed by atoms with Gasteiger partial charge in [-0.15, -0.1) is 0 Å². The van der Waals surface area contributed by atoms with Crippen LogP contribution in [0, 0.1) is 0 Å². The molecule has 0 heterocycles. The van der Waals surface area contributed by atoms with Crippen molar-refractivity contribution in [1.82, 2.24) is 0 Å². The zero-order chi connectivity index (χ0) is 14.3. The van der Waals surface area contributed by atoms with Crippen LogP contribution < -0.4 is 4.74 Å². The van der Waals surface area contributed by atoms with E-state index in [9.17, 15) is 9.90 Å². The first kappa shape index (κ1) is 15.4. The monoisotopic (exact) mass is 283 g/mol. The fourth-order valence-corrected chi connectivity index (χ4v) is 1.88. The van der Waals surface area contributed by atoms with Gasteiger partial charge in [0.1, 0.15) is 17.5 Å². The molecule has 1 atom stereocenters. The van der Waals surface area contributed by atoms with Gasteiger partial charge in [-0.05, 0) is 30.6 Å². The molecule has 2 N–H and O–H groups in total. The summed E-state index contributed by atoms with van der Waals surface area (Å²) in [6.45, 7) is 0. The molecular weight excluding hydrogens is 266 g/mol. The zero-order valence-electron chi connectivity index (χ0n) is 10.9. The van der Waals surface area contributed by atoms with Crippen LogP contribution >= 0.6 is 11.8 Å². The summed E-state index contributed by atoms with van der Waals surface area (Å²) in [5, 5.41) is 18.8. The minimum atomic E-state index is -0.960. The van der Waals surface area contributed by atoms with Crippen molar-refractivity contribution in [3.63, 3.8) is 0 Å². The maximum Gasteiger partial charge on any atom is 0.328 e. The van der Waals surface area contributed by atoms with Crippen LogP contribution in [-0.2, 0) is 4.79 Å². The molecular formula is C13H17NO4S. The molecule has 0 unspecified atom stereocenters. The number of phenols is 1. The first-order chi connectivity index (χ1) is 9.08. The third-order valence-corrected chi connectivity index (χ3v) is 3.16. The van der Waals surface area contributed by atoms with Gasteiger partial charge in [-0.1, -0.05) is 0 Å². The van der Waals surface area contributed by atoms with Gasteiger partial charge in [0.25, 0.3) is 0 Å². The number of carboxylic acids is 1. The highest BCUT2D eigenvalue weighted by molar-refractivity contribution is 7.98. The molecule has 1 aromatic rings. The van der Waals surface area contributed by atoms with Crippen molar-refractivity contribution in [3.05, 3.63) is 23.8 Å². The Labute approximate surface area is 116 Å². The highest BCUT2D eigenvalue weighted by Gasteiger charge is 2.14. The minimum absolute atomic E-state index is 0.0112. The number of hydrogen-bond acceptors (Lipinski definition) is 5. The van der Waals surface area contributed by atoms with Gasteiger partial charge in [0.2, 0.25) is 0 Å². The molecule has 0 amide bonds. The van der Waals surface area contributed by atoms with Crippen LogP contribution in [0.1, 0.15) is 12.0 Å². The molecule has 0 spiro atoms. The summed E-state index contributed by atoms with van der Waals surface area (Å²) in [6.07, 6.45) is 3.76. The van der Waals surface area contributed by atoms with E-state index in [-0.39, 0.29) is 5.75 Å².